The number of nitrogens with one attached hydrogen (secondary N) is 2. The minimum Gasteiger partial charge on any atom is -0.469 e. The summed E-state index contributed by atoms with van der Waals surface area (Å²) in [4.78, 5) is 33.3. The molecule has 126 valence electrons. The Morgan fingerprint density at radius 1 is 1.09 bits per heavy atom. The summed E-state index contributed by atoms with van der Waals surface area (Å²) in [6.07, 6.45) is -0.195. The zero-order valence-corrected chi connectivity index (χ0v) is 13.6. The van der Waals surface area contributed by atoms with E-state index in [0.29, 0.717) is 5.69 Å². The molecular formula is C14H18N2O6S. The largest absolute Gasteiger partial charge is 0.469 e. The van der Waals surface area contributed by atoms with Crippen LogP contribution in [0.25, 0.3) is 0 Å². The third-order valence-electron chi connectivity index (χ3n) is 2.78. The minimum atomic E-state index is -3.84. The first-order chi connectivity index (χ1) is 10.7. The lowest BCUT2D eigenvalue weighted by molar-refractivity contribution is -0.141. The lowest BCUT2D eigenvalue weighted by Crippen LogP contribution is -2.29. The molecule has 1 aromatic carbocycles. The maximum absolute atomic E-state index is 12.0. The maximum atomic E-state index is 12.0. The van der Waals surface area contributed by atoms with Gasteiger partial charge in [-0.25, -0.2) is 13.1 Å². The Bertz CT molecular complexity index is 682. The normalized spacial score (nSPS) is 10.9. The van der Waals surface area contributed by atoms with Gasteiger partial charge < -0.3 is 10.1 Å². The molecule has 0 aliphatic rings. The average molecular weight is 342 g/mol. The fourth-order valence-electron chi connectivity index (χ4n) is 1.61. The van der Waals surface area contributed by atoms with Gasteiger partial charge in [0, 0.05) is 19.0 Å². The van der Waals surface area contributed by atoms with Crippen molar-refractivity contribution in [1.29, 1.82) is 0 Å². The van der Waals surface area contributed by atoms with Crippen molar-refractivity contribution in [2.75, 3.05) is 19.0 Å². The third-order valence-corrected chi connectivity index (χ3v) is 4.20. The SMILES string of the molecule is COC(=O)CCC(=O)CNS(=O)(=O)c1ccc(NC(C)=O)cc1. The highest BCUT2D eigenvalue weighted by Crippen LogP contribution is 2.13. The number of hydrogen-bond donors (Lipinski definition) is 2. The second kappa shape index (κ2) is 8.39. The van der Waals surface area contributed by atoms with Crippen LogP contribution in [0.15, 0.2) is 29.2 Å². The van der Waals surface area contributed by atoms with E-state index in [0.717, 1.165) is 0 Å². The monoisotopic (exact) mass is 342 g/mol. The highest BCUT2D eigenvalue weighted by molar-refractivity contribution is 7.89. The van der Waals surface area contributed by atoms with Crippen molar-refractivity contribution in [1.82, 2.24) is 4.72 Å². The molecule has 0 spiro atoms. The van der Waals surface area contributed by atoms with Crippen LogP contribution in [0.1, 0.15) is 19.8 Å². The van der Waals surface area contributed by atoms with Gasteiger partial charge in [-0.2, -0.15) is 0 Å². The van der Waals surface area contributed by atoms with E-state index in [1.807, 2.05) is 0 Å². The van der Waals surface area contributed by atoms with Gasteiger partial charge in [-0.15, -0.1) is 0 Å². The molecule has 0 aliphatic heterocycles. The Balaban J connectivity index is 2.60. The molecule has 9 heteroatoms. The number of ketones is 1. The number of rotatable bonds is 8. The number of amides is 1. The summed E-state index contributed by atoms with van der Waals surface area (Å²) < 4.78 is 30.6. The van der Waals surface area contributed by atoms with E-state index in [9.17, 15) is 22.8 Å². The molecule has 0 aliphatic carbocycles. The number of esters is 1. The standard InChI is InChI=1S/C14H18N2O6S/c1-10(17)16-11-3-6-13(7-4-11)23(20,21)15-9-12(18)5-8-14(19)22-2/h3-4,6-7,15H,5,8-9H2,1-2H3,(H,16,17). The number of ether oxygens (including phenoxy) is 1. The van der Waals surface area contributed by atoms with Crippen molar-refractivity contribution < 1.29 is 27.5 Å². The quantitative estimate of drug-likeness (QED) is 0.662. The van der Waals surface area contributed by atoms with E-state index in [1.54, 1.807) is 0 Å². The van der Waals surface area contributed by atoms with E-state index in [-0.39, 0.29) is 23.6 Å². The fourth-order valence-corrected chi connectivity index (χ4v) is 2.62. The van der Waals surface area contributed by atoms with E-state index < -0.39 is 28.3 Å². The van der Waals surface area contributed by atoms with Crippen LogP contribution in [0.3, 0.4) is 0 Å². The summed E-state index contributed by atoms with van der Waals surface area (Å²) in [6, 6.07) is 5.50. The van der Waals surface area contributed by atoms with Crippen LogP contribution < -0.4 is 10.0 Å². The first-order valence-electron chi connectivity index (χ1n) is 6.70. The molecule has 1 amide bonds. The summed E-state index contributed by atoms with van der Waals surface area (Å²) in [5.41, 5.74) is 0.464. The molecule has 0 bridgehead atoms. The molecule has 0 fully saturated rings. The van der Waals surface area contributed by atoms with Gasteiger partial charge in [-0.3, -0.25) is 14.4 Å². The molecule has 0 heterocycles. The van der Waals surface area contributed by atoms with E-state index in [1.165, 1.54) is 38.3 Å². The molecular weight excluding hydrogens is 324 g/mol. The Kier molecular flexibility index (Phi) is 6.86. The van der Waals surface area contributed by atoms with Crippen molar-refractivity contribution >= 4 is 33.4 Å². The molecule has 2 N–H and O–H groups in total. The zero-order chi connectivity index (χ0) is 17.5. The van der Waals surface area contributed by atoms with Gasteiger partial charge in [0.25, 0.3) is 0 Å². The topological polar surface area (TPSA) is 119 Å². The molecule has 1 aromatic rings. The van der Waals surface area contributed by atoms with Gasteiger partial charge in [0.2, 0.25) is 15.9 Å². The highest BCUT2D eigenvalue weighted by Gasteiger charge is 2.16. The minimum absolute atomic E-state index is 0.0348. The number of sulfonamides is 1. The predicted molar refractivity (Wildman–Crippen MR) is 82.2 cm³/mol. The summed E-state index contributed by atoms with van der Waals surface area (Å²) in [7, 11) is -2.64. The number of anilines is 1. The Labute approximate surface area is 134 Å². The van der Waals surface area contributed by atoms with Crippen molar-refractivity contribution in [2.24, 2.45) is 0 Å². The fraction of sp³-hybridized carbons (Fsp3) is 0.357. The van der Waals surface area contributed by atoms with E-state index in [2.05, 4.69) is 14.8 Å². The Morgan fingerprint density at radius 3 is 2.22 bits per heavy atom. The summed E-state index contributed by atoms with van der Waals surface area (Å²) in [5, 5.41) is 2.51. The van der Waals surface area contributed by atoms with Crippen molar-refractivity contribution in [3.63, 3.8) is 0 Å². The number of Topliss-reactive ketones (excluding diaryl/α,β-unsaturated/α-hetero) is 1. The first kappa shape index (κ1) is 18.8. The molecule has 0 radical (unpaired) electrons. The molecule has 0 unspecified atom stereocenters. The predicted octanol–water partition coefficient (Wildman–Crippen LogP) is 0.446. The molecule has 0 atom stereocenters. The average Bonchev–Trinajstić information content (AvgIpc) is 2.50. The molecule has 0 aromatic heterocycles. The van der Waals surface area contributed by atoms with Crippen molar-refractivity contribution in [3.8, 4) is 0 Å². The van der Waals surface area contributed by atoms with Crippen LogP contribution in [0.2, 0.25) is 0 Å². The lowest BCUT2D eigenvalue weighted by Gasteiger charge is -2.07. The smallest absolute Gasteiger partial charge is 0.305 e. The van der Waals surface area contributed by atoms with Crippen LogP contribution in [-0.4, -0.2) is 39.7 Å². The molecule has 23 heavy (non-hydrogen) atoms. The van der Waals surface area contributed by atoms with Gasteiger partial charge >= 0.3 is 5.97 Å². The molecule has 0 saturated carbocycles. The van der Waals surface area contributed by atoms with Gasteiger partial charge in [0.1, 0.15) is 5.78 Å². The number of carbonyl (C=O) groups is 3. The highest BCUT2D eigenvalue weighted by atomic mass is 32.2. The zero-order valence-electron chi connectivity index (χ0n) is 12.8. The number of methoxy groups -OCH3 is 1. The van der Waals surface area contributed by atoms with Crippen molar-refractivity contribution in [2.45, 2.75) is 24.7 Å². The van der Waals surface area contributed by atoms with E-state index >= 15 is 0 Å². The van der Waals surface area contributed by atoms with Crippen LogP contribution in [0.4, 0.5) is 5.69 Å². The molecule has 0 saturated heterocycles. The lowest BCUT2D eigenvalue weighted by atomic mass is 10.2. The van der Waals surface area contributed by atoms with Gasteiger partial charge in [-0.1, -0.05) is 0 Å². The maximum Gasteiger partial charge on any atom is 0.305 e. The Hall–Kier alpha value is -2.26. The number of carbonyl (C=O) groups excluding carboxylic acids is 3. The second-order valence-electron chi connectivity index (χ2n) is 4.64. The first-order valence-corrected chi connectivity index (χ1v) is 8.19. The van der Waals surface area contributed by atoms with Gasteiger partial charge in [0.05, 0.1) is 25.0 Å². The van der Waals surface area contributed by atoms with Gasteiger partial charge in [-0.05, 0) is 24.3 Å². The van der Waals surface area contributed by atoms with E-state index in [4.69, 9.17) is 0 Å². The molecule has 8 nitrogen and oxygen atoms in total. The van der Waals surface area contributed by atoms with Crippen LogP contribution in [0.5, 0.6) is 0 Å². The second-order valence-corrected chi connectivity index (χ2v) is 6.41. The summed E-state index contributed by atoms with van der Waals surface area (Å²) in [6.45, 7) is 0.929. The summed E-state index contributed by atoms with van der Waals surface area (Å²) >= 11 is 0. The van der Waals surface area contributed by atoms with Crippen LogP contribution in [-0.2, 0) is 29.1 Å². The third kappa shape index (κ3) is 6.57. The van der Waals surface area contributed by atoms with Gasteiger partial charge in [0.15, 0.2) is 0 Å². The number of hydrogen-bond acceptors (Lipinski definition) is 6. The van der Waals surface area contributed by atoms with Crippen molar-refractivity contribution in [3.05, 3.63) is 24.3 Å². The summed E-state index contributed by atoms with van der Waals surface area (Å²) in [5.74, 6) is -1.22. The van der Waals surface area contributed by atoms with Crippen LogP contribution >= 0.6 is 0 Å². The molecule has 1 rings (SSSR count). The van der Waals surface area contributed by atoms with Crippen LogP contribution in [0, 0.1) is 0 Å². The number of benzene rings is 1. The Morgan fingerprint density at radius 2 is 1.70 bits per heavy atom.